The molecule has 198 valence electrons. The first-order valence-electron chi connectivity index (χ1n) is 12.8. The third-order valence-corrected chi connectivity index (χ3v) is 8.78. The molecule has 0 unspecified atom stereocenters. The summed E-state index contributed by atoms with van der Waals surface area (Å²) in [5.74, 6) is -0.396. The van der Waals surface area contributed by atoms with E-state index in [1.807, 2.05) is 45.2 Å². The molecule has 3 heterocycles. The number of hydrogen-bond acceptors (Lipinski definition) is 6. The van der Waals surface area contributed by atoms with Gasteiger partial charge in [0.05, 0.1) is 22.6 Å². The van der Waals surface area contributed by atoms with Gasteiger partial charge < -0.3 is 9.64 Å². The Hall–Kier alpha value is -3.24. The number of esters is 1. The topological polar surface area (TPSA) is 101 Å². The summed E-state index contributed by atoms with van der Waals surface area (Å²) in [7, 11) is -3.68. The van der Waals surface area contributed by atoms with Crippen LogP contribution in [0.2, 0.25) is 0 Å². The number of fused-ring (bicyclic) bond motifs is 1. The standard InChI is InChI=1S/C27H34N4O5S/c1-4-18-36-27(33)21-9-11-22(12-10-21)37(34,35)30-16-13-20(14-17-30)23-8-7-15-31-25(23)19-24(28-31)26(32)29(5-2)6-3/h7-12,15,19-20H,4-6,13-14,16-18H2,1-3H3. The van der Waals surface area contributed by atoms with Crippen LogP contribution in [0.3, 0.4) is 0 Å². The molecule has 4 rings (SSSR count). The highest BCUT2D eigenvalue weighted by Gasteiger charge is 2.31. The number of ether oxygens (including phenoxy) is 1. The lowest BCUT2D eigenvalue weighted by molar-refractivity contribution is 0.0504. The summed E-state index contributed by atoms with van der Waals surface area (Å²) in [6, 6.07) is 11.7. The number of amides is 1. The zero-order chi connectivity index (χ0) is 26.6. The van der Waals surface area contributed by atoms with Crippen molar-refractivity contribution in [3.05, 3.63) is 65.5 Å². The third-order valence-electron chi connectivity index (χ3n) is 6.86. The van der Waals surface area contributed by atoms with E-state index in [1.54, 1.807) is 9.42 Å². The first-order chi connectivity index (χ1) is 17.8. The molecule has 1 aromatic carbocycles. The van der Waals surface area contributed by atoms with Gasteiger partial charge in [0, 0.05) is 32.4 Å². The molecule has 1 amide bonds. The van der Waals surface area contributed by atoms with Crippen molar-refractivity contribution in [1.82, 2.24) is 18.8 Å². The number of carbonyl (C=O) groups is 2. The number of pyridine rings is 1. The van der Waals surface area contributed by atoms with E-state index in [1.165, 1.54) is 28.6 Å². The summed E-state index contributed by atoms with van der Waals surface area (Å²) in [6.45, 7) is 8.13. The van der Waals surface area contributed by atoms with E-state index in [0.29, 0.717) is 56.9 Å². The smallest absolute Gasteiger partial charge is 0.338 e. The zero-order valence-corrected chi connectivity index (χ0v) is 22.4. The van der Waals surface area contributed by atoms with Crippen molar-refractivity contribution in [2.45, 2.75) is 50.8 Å². The lowest BCUT2D eigenvalue weighted by Gasteiger charge is -2.31. The number of carbonyl (C=O) groups excluding carboxylic acids is 2. The third kappa shape index (κ3) is 5.55. The largest absolute Gasteiger partial charge is 0.462 e. The molecule has 0 N–H and O–H groups in total. The molecule has 0 bridgehead atoms. The van der Waals surface area contributed by atoms with Crippen LogP contribution in [0.5, 0.6) is 0 Å². The van der Waals surface area contributed by atoms with Crippen LogP contribution in [0.1, 0.15) is 72.4 Å². The molecule has 0 radical (unpaired) electrons. The van der Waals surface area contributed by atoms with E-state index >= 15 is 0 Å². The maximum Gasteiger partial charge on any atom is 0.338 e. The number of hydrogen-bond donors (Lipinski definition) is 0. The zero-order valence-electron chi connectivity index (χ0n) is 21.6. The van der Waals surface area contributed by atoms with Crippen molar-refractivity contribution in [3.63, 3.8) is 0 Å². The van der Waals surface area contributed by atoms with Crippen molar-refractivity contribution >= 4 is 27.4 Å². The first kappa shape index (κ1) is 26.8. The van der Waals surface area contributed by atoms with E-state index in [2.05, 4.69) is 5.10 Å². The quantitative estimate of drug-likeness (QED) is 0.391. The van der Waals surface area contributed by atoms with Crippen LogP contribution in [0.15, 0.2) is 53.6 Å². The molecule has 9 nitrogen and oxygen atoms in total. The maximum absolute atomic E-state index is 13.2. The van der Waals surface area contributed by atoms with Gasteiger partial charge in [-0.2, -0.15) is 9.40 Å². The average molecular weight is 527 g/mol. The highest BCUT2D eigenvalue weighted by atomic mass is 32.2. The molecule has 1 aliphatic rings. The molecule has 2 aromatic heterocycles. The Labute approximate surface area is 218 Å². The Kier molecular flexibility index (Phi) is 8.29. The Morgan fingerprint density at radius 1 is 1.05 bits per heavy atom. The molecular weight excluding hydrogens is 492 g/mol. The molecule has 1 aliphatic heterocycles. The second-order valence-corrected chi connectivity index (χ2v) is 11.1. The van der Waals surface area contributed by atoms with Crippen LogP contribution in [0, 0.1) is 0 Å². The van der Waals surface area contributed by atoms with Crippen LogP contribution < -0.4 is 0 Å². The van der Waals surface area contributed by atoms with Gasteiger partial charge in [0.25, 0.3) is 5.91 Å². The number of sulfonamides is 1. The number of nitrogens with zero attached hydrogens (tertiary/aromatic N) is 4. The number of piperidine rings is 1. The first-order valence-corrected chi connectivity index (χ1v) is 14.3. The molecule has 0 aliphatic carbocycles. The van der Waals surface area contributed by atoms with Crippen molar-refractivity contribution in [3.8, 4) is 0 Å². The van der Waals surface area contributed by atoms with Crippen LogP contribution >= 0.6 is 0 Å². The lowest BCUT2D eigenvalue weighted by atomic mass is 9.90. The van der Waals surface area contributed by atoms with E-state index < -0.39 is 16.0 Å². The molecule has 0 spiro atoms. The summed E-state index contributed by atoms with van der Waals surface area (Å²) >= 11 is 0. The fourth-order valence-electron chi connectivity index (χ4n) is 4.76. The Balaban J connectivity index is 1.47. The Morgan fingerprint density at radius 3 is 2.35 bits per heavy atom. The van der Waals surface area contributed by atoms with E-state index in [9.17, 15) is 18.0 Å². The summed E-state index contributed by atoms with van der Waals surface area (Å²) in [6.07, 6.45) is 3.87. The van der Waals surface area contributed by atoms with E-state index in [4.69, 9.17) is 4.74 Å². The van der Waals surface area contributed by atoms with Gasteiger partial charge in [0.2, 0.25) is 10.0 Å². The van der Waals surface area contributed by atoms with Crippen LogP contribution in [-0.4, -0.2) is 71.9 Å². The highest BCUT2D eigenvalue weighted by molar-refractivity contribution is 7.89. The Bertz CT molecular complexity index is 1360. The molecule has 10 heteroatoms. The van der Waals surface area contributed by atoms with Crippen LogP contribution in [-0.2, 0) is 14.8 Å². The number of benzene rings is 1. The van der Waals surface area contributed by atoms with Gasteiger partial charge in [0.1, 0.15) is 0 Å². The van der Waals surface area contributed by atoms with Gasteiger partial charge in [-0.3, -0.25) is 4.79 Å². The van der Waals surface area contributed by atoms with Gasteiger partial charge in [-0.15, -0.1) is 0 Å². The second kappa shape index (κ2) is 11.4. The van der Waals surface area contributed by atoms with Gasteiger partial charge >= 0.3 is 5.97 Å². The predicted molar refractivity (Wildman–Crippen MR) is 140 cm³/mol. The molecule has 1 saturated heterocycles. The minimum Gasteiger partial charge on any atom is -0.462 e. The van der Waals surface area contributed by atoms with Crippen molar-refractivity contribution in [1.29, 1.82) is 0 Å². The minimum absolute atomic E-state index is 0.0924. The summed E-state index contributed by atoms with van der Waals surface area (Å²) in [5, 5.41) is 4.50. The van der Waals surface area contributed by atoms with Crippen LogP contribution in [0.4, 0.5) is 0 Å². The van der Waals surface area contributed by atoms with Crippen molar-refractivity contribution in [2.75, 3.05) is 32.8 Å². The molecule has 37 heavy (non-hydrogen) atoms. The fraction of sp³-hybridized carbons (Fsp3) is 0.444. The fourth-order valence-corrected chi connectivity index (χ4v) is 6.23. The number of aromatic nitrogens is 2. The maximum atomic E-state index is 13.2. The van der Waals surface area contributed by atoms with Gasteiger partial charge in [-0.25, -0.2) is 17.7 Å². The molecule has 3 aromatic rings. The molecule has 1 fully saturated rings. The molecule has 0 atom stereocenters. The Morgan fingerprint density at radius 2 is 1.73 bits per heavy atom. The lowest BCUT2D eigenvalue weighted by Crippen LogP contribution is -2.38. The second-order valence-electron chi connectivity index (χ2n) is 9.14. The van der Waals surface area contributed by atoms with E-state index in [-0.39, 0.29) is 16.7 Å². The molecular formula is C27H34N4O5S. The highest BCUT2D eigenvalue weighted by Crippen LogP contribution is 2.33. The number of rotatable bonds is 9. The van der Waals surface area contributed by atoms with Gasteiger partial charge in [-0.05, 0) is 81.0 Å². The van der Waals surface area contributed by atoms with Crippen LogP contribution in [0.25, 0.3) is 5.52 Å². The molecule has 0 saturated carbocycles. The summed E-state index contributed by atoms with van der Waals surface area (Å²) in [4.78, 5) is 26.7. The van der Waals surface area contributed by atoms with Gasteiger partial charge in [-0.1, -0.05) is 13.0 Å². The van der Waals surface area contributed by atoms with Crippen molar-refractivity contribution < 1.29 is 22.7 Å². The summed E-state index contributed by atoms with van der Waals surface area (Å²) in [5.41, 5.74) is 2.70. The predicted octanol–water partition coefficient (Wildman–Crippen LogP) is 3.95. The SMILES string of the molecule is CCCOC(=O)c1ccc(S(=O)(=O)N2CCC(c3cccn4nc(C(=O)N(CC)CC)cc34)CC2)cc1. The average Bonchev–Trinajstić information content (AvgIpc) is 3.37. The van der Waals surface area contributed by atoms with E-state index in [0.717, 1.165) is 17.5 Å². The summed E-state index contributed by atoms with van der Waals surface area (Å²) < 4.78 is 34.9. The monoisotopic (exact) mass is 526 g/mol. The van der Waals surface area contributed by atoms with Crippen molar-refractivity contribution in [2.24, 2.45) is 0 Å². The minimum atomic E-state index is -3.68. The normalized spacial score (nSPS) is 15.1. The van der Waals surface area contributed by atoms with Gasteiger partial charge in [0.15, 0.2) is 5.69 Å².